The van der Waals surface area contributed by atoms with Crippen molar-refractivity contribution in [2.45, 2.75) is 50.7 Å². The van der Waals surface area contributed by atoms with Crippen molar-refractivity contribution in [3.63, 3.8) is 0 Å². The van der Waals surface area contributed by atoms with Gasteiger partial charge < -0.3 is 10.2 Å². The van der Waals surface area contributed by atoms with Crippen LogP contribution in [-0.4, -0.2) is 27.7 Å². The summed E-state index contributed by atoms with van der Waals surface area (Å²) in [6.45, 7) is 6.23. The van der Waals surface area contributed by atoms with Gasteiger partial charge in [0.25, 0.3) is 0 Å². The lowest BCUT2D eigenvalue weighted by Crippen LogP contribution is -2.54. The zero-order valence-electron chi connectivity index (χ0n) is 14.1. The van der Waals surface area contributed by atoms with Gasteiger partial charge in [0.1, 0.15) is 5.60 Å². The van der Waals surface area contributed by atoms with Gasteiger partial charge in [-0.05, 0) is 61.2 Å². The van der Waals surface area contributed by atoms with Crippen LogP contribution in [0.1, 0.15) is 39.0 Å². The van der Waals surface area contributed by atoms with Gasteiger partial charge in [0, 0.05) is 12.8 Å². The van der Waals surface area contributed by atoms with E-state index < -0.39 is 17.1 Å². The van der Waals surface area contributed by atoms with E-state index in [1.807, 2.05) is 6.92 Å². The van der Waals surface area contributed by atoms with Crippen molar-refractivity contribution in [1.82, 2.24) is 0 Å². The topological polar surface area (TPSA) is 57.5 Å². The third-order valence-electron chi connectivity index (χ3n) is 6.98. The van der Waals surface area contributed by atoms with Gasteiger partial charge in [-0.15, -0.1) is 6.42 Å². The van der Waals surface area contributed by atoms with E-state index in [0.717, 1.165) is 23.1 Å². The van der Waals surface area contributed by atoms with Crippen molar-refractivity contribution in [1.29, 1.82) is 0 Å². The Bertz CT molecular complexity index is 737. The number of carbonyl (C=O) groups excluding carboxylic acids is 1. The molecule has 2 fully saturated rings. The lowest BCUT2D eigenvalue weighted by molar-refractivity contribution is -0.116. The summed E-state index contributed by atoms with van der Waals surface area (Å²) >= 11 is 0. The second kappa shape index (κ2) is 4.94. The second-order valence-electron chi connectivity index (χ2n) is 8.17. The first-order valence-corrected chi connectivity index (χ1v) is 8.81. The molecule has 4 aliphatic carbocycles. The molecule has 0 aromatic heterocycles. The maximum absolute atomic E-state index is 11.8. The van der Waals surface area contributed by atoms with Crippen molar-refractivity contribution in [3.05, 3.63) is 35.5 Å². The number of carbonyl (C=O) groups is 1. The van der Waals surface area contributed by atoms with Gasteiger partial charge in [-0.25, -0.2) is 0 Å². The van der Waals surface area contributed by atoms with E-state index in [-0.39, 0.29) is 23.5 Å². The van der Waals surface area contributed by atoms with E-state index in [0.29, 0.717) is 25.7 Å². The molecule has 4 aliphatic rings. The summed E-state index contributed by atoms with van der Waals surface area (Å²) in [6.07, 6.45) is 11.9. The van der Waals surface area contributed by atoms with Gasteiger partial charge in [-0.1, -0.05) is 24.1 Å². The van der Waals surface area contributed by atoms with E-state index >= 15 is 0 Å². The van der Waals surface area contributed by atoms with E-state index in [1.165, 1.54) is 0 Å². The largest absolute Gasteiger partial charge is 0.389 e. The molecule has 0 aromatic rings. The molecule has 0 bridgehead atoms. The number of allylic oxidation sites excluding steroid dienone is 2. The first-order valence-electron chi connectivity index (χ1n) is 8.81. The van der Waals surface area contributed by atoms with Crippen LogP contribution in [0.4, 0.5) is 0 Å². The summed E-state index contributed by atoms with van der Waals surface area (Å²) in [6, 6.07) is 0. The molecule has 0 radical (unpaired) electrons. The molecule has 6 atom stereocenters. The Labute approximate surface area is 143 Å². The van der Waals surface area contributed by atoms with Crippen molar-refractivity contribution in [2.24, 2.45) is 23.2 Å². The van der Waals surface area contributed by atoms with Gasteiger partial charge in [0.15, 0.2) is 5.78 Å². The van der Waals surface area contributed by atoms with Gasteiger partial charge in [0.05, 0.1) is 11.5 Å². The summed E-state index contributed by atoms with van der Waals surface area (Å²) in [7, 11) is 0. The molecular formula is C21H24O3. The maximum Gasteiger partial charge on any atom is 0.155 e. The summed E-state index contributed by atoms with van der Waals surface area (Å²) in [5.74, 6) is 3.34. The average molecular weight is 324 g/mol. The SMILES string of the molecule is C#C[C@]1(C)CC=C2[C@@H]3C[C@@H](O)C4=CC(=O)CC[C@@H]4[C@H]3C(=C)C[C@@]21O. The Morgan fingerprint density at radius 2 is 2.17 bits per heavy atom. The van der Waals surface area contributed by atoms with Crippen molar-refractivity contribution < 1.29 is 15.0 Å². The Hall–Kier alpha value is -1.63. The summed E-state index contributed by atoms with van der Waals surface area (Å²) in [4.78, 5) is 11.8. The number of rotatable bonds is 0. The lowest BCUT2D eigenvalue weighted by Gasteiger charge is -2.54. The number of aliphatic hydroxyl groups is 2. The van der Waals surface area contributed by atoms with Crippen LogP contribution in [0.15, 0.2) is 35.5 Å². The van der Waals surface area contributed by atoms with E-state index in [9.17, 15) is 15.0 Å². The first-order chi connectivity index (χ1) is 11.3. The van der Waals surface area contributed by atoms with Gasteiger partial charge in [-0.2, -0.15) is 0 Å². The molecule has 0 unspecified atom stereocenters. The van der Waals surface area contributed by atoms with Crippen LogP contribution >= 0.6 is 0 Å². The Kier molecular flexibility index (Phi) is 3.27. The molecule has 0 saturated heterocycles. The standard InChI is InChI=1S/C21H24O3/c1-4-20(3)8-7-17-16-10-18(23)15-9-13(22)5-6-14(15)19(16)12(2)11-21(17,20)24/h1,7,9,14,16,18-19,23-24H,2,5-6,8,10-11H2,3H3/t14-,16-,18+,19+,20+,21+/m0/s1. The van der Waals surface area contributed by atoms with Crippen molar-refractivity contribution >= 4 is 5.78 Å². The van der Waals surface area contributed by atoms with Crippen LogP contribution in [-0.2, 0) is 4.79 Å². The fraction of sp³-hybridized carbons (Fsp3) is 0.571. The third-order valence-corrected chi connectivity index (χ3v) is 6.98. The number of hydrogen-bond acceptors (Lipinski definition) is 3. The summed E-state index contributed by atoms with van der Waals surface area (Å²) < 4.78 is 0. The molecule has 24 heavy (non-hydrogen) atoms. The fourth-order valence-electron chi connectivity index (χ4n) is 5.60. The van der Waals surface area contributed by atoms with Crippen LogP contribution < -0.4 is 0 Å². The number of aliphatic hydroxyl groups excluding tert-OH is 1. The van der Waals surface area contributed by atoms with E-state index in [4.69, 9.17) is 6.42 Å². The minimum absolute atomic E-state index is 0.0665. The zero-order valence-corrected chi connectivity index (χ0v) is 14.1. The fourth-order valence-corrected chi connectivity index (χ4v) is 5.60. The molecule has 0 aliphatic heterocycles. The van der Waals surface area contributed by atoms with Crippen molar-refractivity contribution in [2.75, 3.05) is 0 Å². The maximum atomic E-state index is 11.8. The van der Waals surface area contributed by atoms with E-state index in [2.05, 4.69) is 18.6 Å². The quantitative estimate of drug-likeness (QED) is 0.532. The highest BCUT2D eigenvalue weighted by Gasteiger charge is 2.60. The highest BCUT2D eigenvalue weighted by atomic mass is 16.3. The lowest BCUT2D eigenvalue weighted by atomic mass is 9.52. The van der Waals surface area contributed by atoms with Crippen LogP contribution in [0.3, 0.4) is 0 Å². The van der Waals surface area contributed by atoms with Gasteiger partial charge >= 0.3 is 0 Å². The minimum atomic E-state index is -1.05. The molecule has 0 aromatic carbocycles. The van der Waals surface area contributed by atoms with Gasteiger partial charge in [-0.3, -0.25) is 4.79 Å². The van der Waals surface area contributed by atoms with Crippen LogP contribution in [0.2, 0.25) is 0 Å². The third kappa shape index (κ3) is 1.84. The molecular weight excluding hydrogens is 300 g/mol. The highest BCUT2D eigenvalue weighted by molar-refractivity contribution is 5.91. The molecule has 0 heterocycles. The average Bonchev–Trinajstić information content (AvgIpc) is 2.80. The Balaban J connectivity index is 1.78. The normalized spacial score (nSPS) is 47.1. The molecule has 2 N–H and O–H groups in total. The number of ketones is 1. The zero-order chi connectivity index (χ0) is 17.3. The molecule has 3 nitrogen and oxygen atoms in total. The van der Waals surface area contributed by atoms with E-state index in [1.54, 1.807) is 6.08 Å². The van der Waals surface area contributed by atoms with Crippen LogP contribution in [0.25, 0.3) is 0 Å². The molecule has 4 rings (SSSR count). The smallest absolute Gasteiger partial charge is 0.155 e. The Morgan fingerprint density at radius 1 is 1.42 bits per heavy atom. The minimum Gasteiger partial charge on any atom is -0.389 e. The predicted molar refractivity (Wildman–Crippen MR) is 91.8 cm³/mol. The highest BCUT2D eigenvalue weighted by Crippen LogP contribution is 2.62. The number of hydrogen-bond donors (Lipinski definition) is 2. The molecule has 0 amide bonds. The Morgan fingerprint density at radius 3 is 2.88 bits per heavy atom. The first kappa shape index (κ1) is 15.9. The summed E-state index contributed by atoms with van der Waals surface area (Å²) in [5, 5.41) is 22.1. The number of fused-ring (bicyclic) bond motifs is 5. The van der Waals surface area contributed by atoms with Gasteiger partial charge in [0.2, 0.25) is 0 Å². The molecule has 0 spiro atoms. The number of terminal acetylenes is 1. The molecule has 2 saturated carbocycles. The molecule has 126 valence electrons. The van der Waals surface area contributed by atoms with Crippen LogP contribution in [0, 0.1) is 35.5 Å². The monoisotopic (exact) mass is 324 g/mol. The second-order valence-corrected chi connectivity index (χ2v) is 8.17. The van der Waals surface area contributed by atoms with Crippen LogP contribution in [0.5, 0.6) is 0 Å². The van der Waals surface area contributed by atoms with Crippen molar-refractivity contribution in [3.8, 4) is 12.3 Å². The molecule has 3 heteroatoms. The summed E-state index contributed by atoms with van der Waals surface area (Å²) in [5.41, 5.74) is 1.22. The predicted octanol–water partition coefficient (Wildman–Crippen LogP) is 2.55.